The second-order valence-electron chi connectivity index (χ2n) is 7.09. The van der Waals surface area contributed by atoms with E-state index in [-0.39, 0.29) is 16.9 Å². The van der Waals surface area contributed by atoms with Gasteiger partial charge >= 0.3 is 0 Å². The molecule has 0 fully saturated rings. The normalized spacial score (nSPS) is 12.3. The summed E-state index contributed by atoms with van der Waals surface area (Å²) >= 11 is 1.40. The van der Waals surface area contributed by atoms with Crippen molar-refractivity contribution in [2.45, 2.75) is 13.0 Å². The van der Waals surface area contributed by atoms with Gasteiger partial charge in [0.15, 0.2) is 11.5 Å². The van der Waals surface area contributed by atoms with Crippen LogP contribution in [0.25, 0.3) is 21.4 Å². The molecule has 154 valence electrons. The van der Waals surface area contributed by atoms with Crippen LogP contribution in [0, 0.1) is 0 Å². The molecule has 0 spiro atoms. The van der Waals surface area contributed by atoms with E-state index in [1.807, 2.05) is 54.8 Å². The van der Waals surface area contributed by atoms with Gasteiger partial charge in [0.05, 0.1) is 6.04 Å². The summed E-state index contributed by atoms with van der Waals surface area (Å²) in [5, 5.41) is 9.83. The molecule has 0 saturated heterocycles. The molecule has 0 aliphatic rings. The van der Waals surface area contributed by atoms with Crippen molar-refractivity contribution in [2.75, 3.05) is 5.73 Å². The van der Waals surface area contributed by atoms with Gasteiger partial charge < -0.3 is 11.1 Å². The summed E-state index contributed by atoms with van der Waals surface area (Å²) in [7, 11) is 0. The van der Waals surface area contributed by atoms with E-state index in [1.165, 1.54) is 15.9 Å². The number of amides is 1. The molecule has 0 saturated carbocycles. The number of pyridine rings is 1. The number of nitrogen functional groups attached to an aromatic ring is 1. The standard InChI is InChI=1S/C22H18N6O2S/c1-13(25-21(29)17-19(23)26-27-10-5-9-24-20(17)27)16-12-14-8-11-31-18(14)22(30)28(16)15-6-3-2-4-7-15/h2-13H,1H3,(H2,23,26)(H,25,29)/t13-/m0/s1. The summed E-state index contributed by atoms with van der Waals surface area (Å²) in [5.41, 5.74) is 7.85. The van der Waals surface area contributed by atoms with Crippen LogP contribution in [0.4, 0.5) is 5.82 Å². The summed E-state index contributed by atoms with van der Waals surface area (Å²) < 4.78 is 3.77. The second kappa shape index (κ2) is 7.37. The van der Waals surface area contributed by atoms with Gasteiger partial charge in [-0.15, -0.1) is 16.4 Å². The average Bonchev–Trinajstić information content (AvgIpc) is 3.37. The fourth-order valence-electron chi connectivity index (χ4n) is 3.68. The first-order valence-corrected chi connectivity index (χ1v) is 10.5. The number of aromatic nitrogens is 4. The van der Waals surface area contributed by atoms with Gasteiger partial charge in [0.2, 0.25) is 0 Å². The molecule has 0 unspecified atom stereocenters. The van der Waals surface area contributed by atoms with Crippen molar-refractivity contribution >= 4 is 38.8 Å². The Balaban J connectivity index is 1.60. The molecule has 1 amide bonds. The second-order valence-corrected chi connectivity index (χ2v) is 8.01. The summed E-state index contributed by atoms with van der Waals surface area (Å²) in [6, 6.07) is 14.4. The number of carbonyl (C=O) groups excluding carboxylic acids is 1. The molecule has 0 bridgehead atoms. The summed E-state index contributed by atoms with van der Waals surface area (Å²) in [4.78, 5) is 30.6. The van der Waals surface area contributed by atoms with Crippen LogP contribution in [0.2, 0.25) is 0 Å². The quantitative estimate of drug-likeness (QED) is 0.455. The Kier molecular flexibility index (Phi) is 4.52. The van der Waals surface area contributed by atoms with Crippen LogP contribution in [0.15, 0.2) is 71.1 Å². The van der Waals surface area contributed by atoms with Crippen LogP contribution in [-0.2, 0) is 0 Å². The van der Waals surface area contributed by atoms with E-state index in [4.69, 9.17) is 5.73 Å². The van der Waals surface area contributed by atoms with Crippen molar-refractivity contribution in [1.82, 2.24) is 24.5 Å². The van der Waals surface area contributed by atoms with Gasteiger partial charge in [-0.2, -0.15) is 0 Å². The number of nitrogens with two attached hydrogens (primary N) is 1. The molecule has 5 aromatic rings. The SMILES string of the molecule is C[C@H](NC(=O)c1c(N)nn2cccnc12)c1cc2ccsc2c(=O)n1-c1ccccc1. The van der Waals surface area contributed by atoms with E-state index in [2.05, 4.69) is 15.4 Å². The number of rotatable bonds is 4. The summed E-state index contributed by atoms with van der Waals surface area (Å²) in [5.74, 6) is -0.312. The molecular weight excluding hydrogens is 412 g/mol. The molecule has 0 radical (unpaired) electrons. The lowest BCUT2D eigenvalue weighted by Gasteiger charge is -2.20. The lowest BCUT2D eigenvalue weighted by Crippen LogP contribution is -2.32. The van der Waals surface area contributed by atoms with Crippen molar-refractivity contribution < 1.29 is 4.79 Å². The molecule has 5 rings (SSSR count). The third-order valence-electron chi connectivity index (χ3n) is 5.11. The molecular formula is C22H18N6O2S. The molecule has 4 heterocycles. The van der Waals surface area contributed by atoms with Crippen molar-refractivity contribution in [3.05, 3.63) is 87.9 Å². The molecule has 8 nitrogen and oxygen atoms in total. The van der Waals surface area contributed by atoms with Crippen LogP contribution in [0.1, 0.15) is 29.0 Å². The van der Waals surface area contributed by atoms with Crippen LogP contribution >= 0.6 is 11.3 Å². The third-order valence-corrected chi connectivity index (χ3v) is 6.03. The highest BCUT2D eigenvalue weighted by Gasteiger charge is 2.23. The van der Waals surface area contributed by atoms with E-state index < -0.39 is 11.9 Å². The number of nitrogens with one attached hydrogen (secondary N) is 1. The Morgan fingerprint density at radius 3 is 2.81 bits per heavy atom. The molecule has 4 aromatic heterocycles. The first-order valence-electron chi connectivity index (χ1n) is 9.63. The minimum absolute atomic E-state index is 0.0946. The van der Waals surface area contributed by atoms with Crippen molar-refractivity contribution in [3.63, 3.8) is 0 Å². The van der Waals surface area contributed by atoms with Gasteiger partial charge in [-0.1, -0.05) is 18.2 Å². The van der Waals surface area contributed by atoms with E-state index in [1.54, 1.807) is 23.0 Å². The third kappa shape index (κ3) is 3.15. The molecule has 1 aromatic carbocycles. The lowest BCUT2D eigenvalue weighted by molar-refractivity contribution is 0.0941. The molecule has 9 heteroatoms. The van der Waals surface area contributed by atoms with E-state index in [0.717, 1.165) is 11.1 Å². The highest BCUT2D eigenvalue weighted by Crippen LogP contribution is 2.25. The van der Waals surface area contributed by atoms with E-state index >= 15 is 0 Å². The first-order chi connectivity index (χ1) is 15.0. The molecule has 1 atom stereocenters. The van der Waals surface area contributed by atoms with Gasteiger partial charge in [0, 0.05) is 23.8 Å². The Labute approximate surface area is 180 Å². The number of anilines is 1. The largest absolute Gasteiger partial charge is 0.381 e. The number of benzene rings is 1. The smallest absolute Gasteiger partial charge is 0.273 e. The number of nitrogens with zero attached hydrogens (tertiary/aromatic N) is 4. The monoisotopic (exact) mass is 430 g/mol. The molecule has 0 aliphatic carbocycles. The maximum absolute atomic E-state index is 13.3. The average molecular weight is 430 g/mol. The first kappa shape index (κ1) is 19.0. The fraction of sp³-hybridized carbons (Fsp3) is 0.0909. The predicted molar refractivity (Wildman–Crippen MR) is 121 cm³/mol. The Morgan fingerprint density at radius 2 is 2.00 bits per heavy atom. The molecule has 3 N–H and O–H groups in total. The predicted octanol–water partition coefficient (Wildman–Crippen LogP) is 3.17. The van der Waals surface area contributed by atoms with Crippen molar-refractivity contribution in [1.29, 1.82) is 0 Å². The van der Waals surface area contributed by atoms with Crippen LogP contribution in [0.5, 0.6) is 0 Å². The highest BCUT2D eigenvalue weighted by atomic mass is 32.1. The minimum Gasteiger partial charge on any atom is -0.381 e. The van der Waals surface area contributed by atoms with E-state index in [9.17, 15) is 9.59 Å². The number of carbonyl (C=O) groups is 1. The zero-order valence-electron chi connectivity index (χ0n) is 16.5. The van der Waals surface area contributed by atoms with Gasteiger partial charge in [-0.25, -0.2) is 9.50 Å². The minimum atomic E-state index is -0.484. The molecule has 31 heavy (non-hydrogen) atoms. The Morgan fingerprint density at radius 1 is 1.19 bits per heavy atom. The number of para-hydroxylation sites is 1. The maximum atomic E-state index is 13.3. The van der Waals surface area contributed by atoms with Crippen molar-refractivity contribution in [2.24, 2.45) is 0 Å². The fourth-order valence-corrected chi connectivity index (χ4v) is 4.48. The Hall–Kier alpha value is -3.98. The van der Waals surface area contributed by atoms with Gasteiger partial charge in [0.1, 0.15) is 10.3 Å². The number of fused-ring (bicyclic) bond motifs is 2. The highest BCUT2D eigenvalue weighted by molar-refractivity contribution is 7.17. The number of hydrogen-bond donors (Lipinski definition) is 2. The summed E-state index contributed by atoms with van der Waals surface area (Å²) in [6.45, 7) is 1.83. The zero-order valence-corrected chi connectivity index (χ0v) is 17.3. The number of thiophene rings is 1. The van der Waals surface area contributed by atoms with Gasteiger partial charge in [-0.05, 0) is 48.0 Å². The van der Waals surface area contributed by atoms with Gasteiger partial charge in [-0.3, -0.25) is 14.2 Å². The van der Waals surface area contributed by atoms with Crippen molar-refractivity contribution in [3.8, 4) is 5.69 Å². The summed E-state index contributed by atoms with van der Waals surface area (Å²) in [6.07, 6.45) is 3.25. The Bertz CT molecular complexity index is 1480. The topological polar surface area (TPSA) is 107 Å². The molecule has 0 aliphatic heterocycles. The number of hydrogen-bond acceptors (Lipinski definition) is 6. The maximum Gasteiger partial charge on any atom is 0.273 e. The van der Waals surface area contributed by atoms with Crippen LogP contribution in [0.3, 0.4) is 0 Å². The zero-order chi connectivity index (χ0) is 21.5. The van der Waals surface area contributed by atoms with Crippen LogP contribution < -0.4 is 16.6 Å². The lowest BCUT2D eigenvalue weighted by atomic mass is 10.1. The van der Waals surface area contributed by atoms with Crippen LogP contribution in [-0.4, -0.2) is 25.1 Å². The van der Waals surface area contributed by atoms with E-state index in [0.29, 0.717) is 16.0 Å². The van der Waals surface area contributed by atoms with Gasteiger partial charge in [0.25, 0.3) is 11.5 Å².